The van der Waals surface area contributed by atoms with E-state index in [9.17, 15) is 9.90 Å². The first-order chi connectivity index (χ1) is 11.0. The van der Waals surface area contributed by atoms with E-state index in [0.717, 1.165) is 35.0 Å². The summed E-state index contributed by atoms with van der Waals surface area (Å²) >= 11 is 1.44. The third-order valence-corrected chi connectivity index (χ3v) is 5.47. The van der Waals surface area contributed by atoms with Crippen LogP contribution in [-0.4, -0.2) is 43.5 Å². The van der Waals surface area contributed by atoms with Crippen LogP contribution in [0.1, 0.15) is 45.1 Å². The molecular formula is C16H22N4O2S. The zero-order valence-corrected chi connectivity index (χ0v) is 14.5. The first-order valence-electron chi connectivity index (χ1n) is 7.86. The van der Waals surface area contributed by atoms with Crippen LogP contribution in [0.5, 0.6) is 0 Å². The van der Waals surface area contributed by atoms with Gasteiger partial charge in [-0.2, -0.15) is 0 Å². The van der Waals surface area contributed by atoms with Crippen molar-refractivity contribution in [1.29, 1.82) is 0 Å². The number of nitrogens with zero attached hydrogens (tertiary/aromatic N) is 4. The molecule has 0 spiro atoms. The van der Waals surface area contributed by atoms with Gasteiger partial charge in [0, 0.05) is 38.4 Å². The Labute approximate surface area is 139 Å². The Morgan fingerprint density at radius 2 is 2.26 bits per heavy atom. The highest BCUT2D eigenvalue weighted by Gasteiger charge is 2.32. The van der Waals surface area contributed by atoms with Crippen molar-refractivity contribution in [3.05, 3.63) is 33.8 Å². The number of carbonyl (C=O) groups excluding carboxylic acids is 1. The second-order valence-corrected chi connectivity index (χ2v) is 7.35. The number of amides is 1. The molecular weight excluding hydrogens is 312 g/mol. The highest BCUT2D eigenvalue weighted by molar-refractivity contribution is 7.13. The van der Waals surface area contributed by atoms with Crippen LogP contribution in [0.4, 0.5) is 0 Å². The first-order valence-corrected chi connectivity index (χ1v) is 8.67. The summed E-state index contributed by atoms with van der Waals surface area (Å²) < 4.78 is 1.84. The predicted molar refractivity (Wildman–Crippen MR) is 88.4 cm³/mol. The van der Waals surface area contributed by atoms with E-state index >= 15 is 0 Å². The predicted octanol–water partition coefficient (Wildman–Crippen LogP) is 2.08. The van der Waals surface area contributed by atoms with E-state index in [-0.39, 0.29) is 11.8 Å². The summed E-state index contributed by atoms with van der Waals surface area (Å²) in [5, 5.41) is 11.5. The molecule has 1 amide bonds. The highest BCUT2D eigenvalue weighted by Crippen LogP contribution is 2.30. The molecule has 7 heteroatoms. The molecule has 2 aromatic rings. The SMILES string of the molecule is Cc1nc(C)c(C(=O)N2CCCC(C(O)c3nccn3C)C2)s1. The molecule has 0 bridgehead atoms. The molecule has 1 fully saturated rings. The third-order valence-electron chi connectivity index (χ3n) is 4.41. The second kappa shape index (κ2) is 6.41. The lowest BCUT2D eigenvalue weighted by molar-refractivity contribution is 0.0360. The average molecular weight is 334 g/mol. The quantitative estimate of drug-likeness (QED) is 0.933. The molecule has 0 saturated carbocycles. The van der Waals surface area contributed by atoms with Crippen molar-refractivity contribution in [3.8, 4) is 0 Å². The van der Waals surface area contributed by atoms with Crippen LogP contribution in [0.15, 0.2) is 12.4 Å². The fraction of sp³-hybridized carbons (Fsp3) is 0.562. The van der Waals surface area contributed by atoms with Gasteiger partial charge in [-0.3, -0.25) is 4.79 Å². The molecule has 1 N–H and O–H groups in total. The molecule has 2 unspecified atom stereocenters. The summed E-state index contributed by atoms with van der Waals surface area (Å²) in [6.45, 7) is 5.08. The number of aryl methyl sites for hydroxylation is 3. The van der Waals surface area contributed by atoms with Gasteiger partial charge in [-0.05, 0) is 26.7 Å². The zero-order valence-electron chi connectivity index (χ0n) is 13.7. The summed E-state index contributed by atoms with van der Waals surface area (Å²) in [4.78, 5) is 23.9. The van der Waals surface area contributed by atoms with Gasteiger partial charge in [-0.1, -0.05) is 0 Å². The molecule has 124 valence electrons. The number of carbonyl (C=O) groups is 1. The number of hydrogen-bond acceptors (Lipinski definition) is 5. The van der Waals surface area contributed by atoms with Crippen LogP contribution >= 0.6 is 11.3 Å². The molecule has 1 aliphatic rings. The maximum Gasteiger partial charge on any atom is 0.265 e. The monoisotopic (exact) mass is 334 g/mol. The number of aromatic nitrogens is 3. The Kier molecular flexibility index (Phi) is 4.50. The average Bonchev–Trinajstić information content (AvgIpc) is 3.11. The van der Waals surface area contributed by atoms with Crippen LogP contribution in [0, 0.1) is 19.8 Å². The van der Waals surface area contributed by atoms with E-state index in [2.05, 4.69) is 9.97 Å². The molecule has 0 aromatic carbocycles. The molecule has 1 aliphatic heterocycles. The fourth-order valence-corrected chi connectivity index (χ4v) is 4.09. The third kappa shape index (κ3) is 3.16. The van der Waals surface area contributed by atoms with E-state index < -0.39 is 6.10 Å². The Balaban J connectivity index is 1.74. The van der Waals surface area contributed by atoms with Gasteiger partial charge in [0.05, 0.1) is 10.7 Å². The van der Waals surface area contributed by atoms with Crippen molar-refractivity contribution in [1.82, 2.24) is 19.4 Å². The number of hydrogen-bond donors (Lipinski definition) is 1. The van der Waals surface area contributed by atoms with Gasteiger partial charge in [-0.25, -0.2) is 9.97 Å². The minimum atomic E-state index is -0.644. The van der Waals surface area contributed by atoms with Crippen molar-refractivity contribution < 1.29 is 9.90 Å². The molecule has 0 radical (unpaired) electrons. The summed E-state index contributed by atoms with van der Waals surface area (Å²) in [6.07, 6.45) is 4.67. The largest absolute Gasteiger partial charge is 0.385 e. The van der Waals surface area contributed by atoms with Gasteiger partial charge in [0.15, 0.2) is 0 Å². The standard InChI is InChI=1S/C16H22N4O2S/c1-10-14(23-11(2)18-10)16(22)20-7-4-5-12(9-20)13(21)15-17-6-8-19(15)3/h6,8,12-13,21H,4-5,7,9H2,1-3H3. The van der Waals surface area contributed by atoms with Crippen molar-refractivity contribution in [2.75, 3.05) is 13.1 Å². The molecule has 2 aromatic heterocycles. The Bertz CT molecular complexity index is 709. The fourth-order valence-electron chi connectivity index (χ4n) is 3.20. The van der Waals surface area contributed by atoms with Crippen LogP contribution in [0.2, 0.25) is 0 Å². The number of rotatable bonds is 3. The van der Waals surface area contributed by atoms with Gasteiger partial charge in [0.25, 0.3) is 5.91 Å². The lowest BCUT2D eigenvalue weighted by Crippen LogP contribution is -2.42. The molecule has 2 atom stereocenters. The van der Waals surface area contributed by atoms with E-state index in [1.54, 1.807) is 6.20 Å². The van der Waals surface area contributed by atoms with Crippen molar-refractivity contribution in [2.24, 2.45) is 13.0 Å². The van der Waals surface area contributed by atoms with Crippen LogP contribution in [0.25, 0.3) is 0 Å². The number of aliphatic hydroxyl groups is 1. The van der Waals surface area contributed by atoms with Crippen LogP contribution < -0.4 is 0 Å². The van der Waals surface area contributed by atoms with E-state index in [0.29, 0.717) is 12.4 Å². The molecule has 1 saturated heterocycles. The molecule has 23 heavy (non-hydrogen) atoms. The second-order valence-electron chi connectivity index (χ2n) is 6.14. The van der Waals surface area contributed by atoms with Crippen LogP contribution in [-0.2, 0) is 7.05 Å². The van der Waals surface area contributed by atoms with Gasteiger partial charge in [0.1, 0.15) is 16.8 Å². The maximum atomic E-state index is 12.7. The summed E-state index contributed by atoms with van der Waals surface area (Å²) in [7, 11) is 1.88. The van der Waals surface area contributed by atoms with Crippen LogP contribution in [0.3, 0.4) is 0 Å². The molecule has 3 heterocycles. The van der Waals surface area contributed by atoms with Gasteiger partial charge in [0.2, 0.25) is 0 Å². The van der Waals surface area contributed by atoms with Crippen molar-refractivity contribution >= 4 is 17.2 Å². The number of piperidine rings is 1. The van der Waals surface area contributed by atoms with E-state index in [1.165, 1.54) is 11.3 Å². The Hall–Kier alpha value is -1.73. The van der Waals surface area contributed by atoms with Crippen molar-refractivity contribution in [3.63, 3.8) is 0 Å². The molecule has 6 nitrogen and oxygen atoms in total. The highest BCUT2D eigenvalue weighted by atomic mass is 32.1. The Morgan fingerprint density at radius 3 is 2.87 bits per heavy atom. The number of aliphatic hydroxyl groups excluding tert-OH is 1. The van der Waals surface area contributed by atoms with Gasteiger partial charge >= 0.3 is 0 Å². The van der Waals surface area contributed by atoms with E-state index in [1.807, 2.05) is 36.6 Å². The van der Waals surface area contributed by atoms with Gasteiger partial charge in [-0.15, -0.1) is 11.3 Å². The number of thiazole rings is 1. The molecule has 0 aliphatic carbocycles. The first kappa shape index (κ1) is 16.1. The minimum absolute atomic E-state index is 0.0168. The van der Waals surface area contributed by atoms with Gasteiger partial charge < -0.3 is 14.6 Å². The number of imidazole rings is 1. The summed E-state index contributed by atoms with van der Waals surface area (Å²) in [5.74, 6) is 0.710. The zero-order chi connectivity index (χ0) is 16.6. The normalized spacial score (nSPS) is 19.8. The summed E-state index contributed by atoms with van der Waals surface area (Å²) in [6, 6.07) is 0. The smallest absolute Gasteiger partial charge is 0.265 e. The Morgan fingerprint density at radius 1 is 1.48 bits per heavy atom. The minimum Gasteiger partial charge on any atom is -0.385 e. The lowest BCUT2D eigenvalue weighted by atomic mass is 9.92. The number of likely N-dealkylation sites (tertiary alicyclic amines) is 1. The molecule has 3 rings (SSSR count). The lowest BCUT2D eigenvalue weighted by Gasteiger charge is -2.34. The van der Waals surface area contributed by atoms with Crippen molar-refractivity contribution in [2.45, 2.75) is 32.8 Å². The summed E-state index contributed by atoms with van der Waals surface area (Å²) in [5.41, 5.74) is 0.796. The van der Waals surface area contributed by atoms with E-state index in [4.69, 9.17) is 0 Å². The topological polar surface area (TPSA) is 71.2 Å². The maximum absolute atomic E-state index is 12.7.